The average molecular weight is 215 g/mol. The van der Waals surface area contributed by atoms with E-state index in [1.54, 1.807) is 12.1 Å². The Hall–Kier alpha value is -0.560. The molecule has 0 bridgehead atoms. The second kappa shape index (κ2) is 3.90. The van der Waals surface area contributed by atoms with Crippen molar-refractivity contribution in [1.29, 1.82) is 0 Å². The molecule has 0 radical (unpaired) electrons. The normalized spacial score (nSPS) is 14.1. The van der Waals surface area contributed by atoms with Crippen LogP contribution >= 0.6 is 11.6 Å². The quantitative estimate of drug-likeness (QED) is 0.640. The van der Waals surface area contributed by atoms with Crippen LogP contribution in [-0.4, -0.2) is 0 Å². The monoisotopic (exact) mass is 214 g/mol. The highest BCUT2D eigenvalue weighted by Gasteiger charge is 2.25. The van der Waals surface area contributed by atoms with Crippen molar-refractivity contribution < 1.29 is 4.39 Å². The summed E-state index contributed by atoms with van der Waals surface area (Å²) in [6.45, 7) is 8.26. The maximum Gasteiger partial charge on any atom is 0.128 e. The highest BCUT2D eigenvalue weighted by molar-refractivity contribution is 6.31. The molecule has 0 heterocycles. The van der Waals surface area contributed by atoms with E-state index in [1.807, 2.05) is 6.92 Å². The van der Waals surface area contributed by atoms with E-state index >= 15 is 0 Å². The summed E-state index contributed by atoms with van der Waals surface area (Å²) in [4.78, 5) is 0. The fourth-order valence-corrected chi connectivity index (χ4v) is 1.68. The van der Waals surface area contributed by atoms with Gasteiger partial charge in [-0.3, -0.25) is 0 Å². The minimum Gasteiger partial charge on any atom is -0.207 e. The van der Waals surface area contributed by atoms with Crippen LogP contribution in [0.3, 0.4) is 0 Å². The van der Waals surface area contributed by atoms with Crippen LogP contribution in [0.5, 0.6) is 0 Å². The van der Waals surface area contributed by atoms with Gasteiger partial charge in [0, 0.05) is 10.6 Å². The zero-order valence-corrected chi connectivity index (χ0v) is 9.82. The Labute approximate surface area is 90.1 Å². The molecule has 0 aliphatic heterocycles. The lowest BCUT2D eigenvalue weighted by Crippen LogP contribution is -2.16. The number of rotatable bonds is 1. The molecule has 78 valence electrons. The van der Waals surface area contributed by atoms with Crippen molar-refractivity contribution >= 4 is 11.6 Å². The zero-order valence-electron chi connectivity index (χ0n) is 9.07. The first-order valence-electron chi connectivity index (χ1n) is 4.78. The maximum atomic E-state index is 13.5. The molecule has 0 aliphatic rings. The molecule has 1 aromatic carbocycles. The highest BCUT2D eigenvalue weighted by Crippen LogP contribution is 2.38. The van der Waals surface area contributed by atoms with E-state index in [4.69, 9.17) is 11.6 Å². The second-order valence-corrected chi connectivity index (χ2v) is 5.13. The predicted octanol–water partition coefficient (Wildman–Crippen LogP) is 4.63. The molecule has 0 nitrogen and oxygen atoms in total. The zero-order chi connectivity index (χ0) is 10.9. The lowest BCUT2D eigenvalue weighted by molar-refractivity contribution is 0.332. The molecular formula is C12H16ClF. The van der Waals surface area contributed by atoms with E-state index in [2.05, 4.69) is 20.8 Å². The van der Waals surface area contributed by atoms with Crippen molar-refractivity contribution in [3.63, 3.8) is 0 Å². The van der Waals surface area contributed by atoms with Gasteiger partial charge in [0.05, 0.1) is 0 Å². The van der Waals surface area contributed by atoms with E-state index in [-0.39, 0.29) is 17.2 Å². The van der Waals surface area contributed by atoms with Gasteiger partial charge in [0.1, 0.15) is 5.82 Å². The van der Waals surface area contributed by atoms with Gasteiger partial charge < -0.3 is 0 Å². The first-order chi connectivity index (χ1) is 6.34. The highest BCUT2D eigenvalue weighted by atomic mass is 35.5. The Balaban J connectivity index is 3.19. The maximum absolute atomic E-state index is 13.5. The van der Waals surface area contributed by atoms with Crippen molar-refractivity contribution in [2.75, 3.05) is 0 Å². The predicted molar refractivity (Wildman–Crippen MR) is 59.3 cm³/mol. The molecule has 0 saturated heterocycles. The van der Waals surface area contributed by atoms with Crippen LogP contribution in [0.4, 0.5) is 4.39 Å². The largest absolute Gasteiger partial charge is 0.207 e. The summed E-state index contributed by atoms with van der Waals surface area (Å²) >= 11 is 5.99. The molecule has 0 aromatic heterocycles. The molecule has 0 fully saturated rings. The summed E-state index contributed by atoms with van der Waals surface area (Å²) in [6, 6.07) is 4.84. The van der Waals surface area contributed by atoms with Crippen molar-refractivity contribution in [2.45, 2.75) is 33.6 Å². The molecule has 0 saturated carbocycles. The Bertz CT molecular complexity index is 305. The molecule has 2 heteroatoms. The lowest BCUT2D eigenvalue weighted by Gasteiger charge is -2.28. The molecule has 1 rings (SSSR count). The molecule has 1 aromatic rings. The van der Waals surface area contributed by atoms with Gasteiger partial charge >= 0.3 is 0 Å². The van der Waals surface area contributed by atoms with Crippen LogP contribution < -0.4 is 0 Å². The van der Waals surface area contributed by atoms with Crippen molar-refractivity contribution in [1.82, 2.24) is 0 Å². The topological polar surface area (TPSA) is 0 Å². The van der Waals surface area contributed by atoms with Gasteiger partial charge in [-0.15, -0.1) is 0 Å². The fraction of sp³-hybridized carbons (Fsp3) is 0.500. The summed E-state index contributed by atoms with van der Waals surface area (Å²) in [5.41, 5.74) is 0.646. The lowest BCUT2D eigenvalue weighted by atomic mass is 9.77. The number of benzene rings is 1. The van der Waals surface area contributed by atoms with Gasteiger partial charge in [-0.05, 0) is 23.5 Å². The number of hydrogen-bond acceptors (Lipinski definition) is 0. The van der Waals surface area contributed by atoms with E-state index in [1.165, 1.54) is 6.07 Å². The number of hydrogen-bond donors (Lipinski definition) is 0. The van der Waals surface area contributed by atoms with E-state index < -0.39 is 0 Å². The van der Waals surface area contributed by atoms with Crippen LogP contribution in [0.1, 0.15) is 39.2 Å². The third-order valence-corrected chi connectivity index (χ3v) is 3.06. The van der Waals surface area contributed by atoms with Gasteiger partial charge in [-0.2, -0.15) is 0 Å². The van der Waals surface area contributed by atoms with Crippen molar-refractivity contribution in [3.8, 4) is 0 Å². The minimum atomic E-state index is -0.208. The fourth-order valence-electron chi connectivity index (χ4n) is 1.36. The minimum absolute atomic E-state index is 0.0197. The van der Waals surface area contributed by atoms with Crippen molar-refractivity contribution in [3.05, 3.63) is 34.6 Å². The Morgan fingerprint density at radius 1 is 1.29 bits per heavy atom. The third-order valence-electron chi connectivity index (χ3n) is 2.73. The molecular weight excluding hydrogens is 199 g/mol. The summed E-state index contributed by atoms with van der Waals surface area (Å²) in [7, 11) is 0. The Morgan fingerprint density at radius 2 is 1.86 bits per heavy atom. The Kier molecular flexibility index (Phi) is 3.20. The average Bonchev–Trinajstić information content (AvgIpc) is 2.01. The number of halogens is 2. The van der Waals surface area contributed by atoms with Crippen molar-refractivity contribution in [2.24, 2.45) is 5.41 Å². The molecule has 1 atom stereocenters. The second-order valence-electron chi connectivity index (χ2n) is 4.72. The molecule has 0 N–H and O–H groups in total. The summed E-state index contributed by atoms with van der Waals surface area (Å²) in [6.07, 6.45) is 0. The molecule has 0 spiro atoms. The first-order valence-corrected chi connectivity index (χ1v) is 5.15. The van der Waals surface area contributed by atoms with Gasteiger partial charge in [-0.25, -0.2) is 4.39 Å². The van der Waals surface area contributed by atoms with Gasteiger partial charge in [0.15, 0.2) is 0 Å². The summed E-state index contributed by atoms with van der Waals surface area (Å²) < 4.78 is 13.5. The standard InChI is InChI=1S/C12H16ClF/c1-8(12(2,3)4)11-9(13)6-5-7-10(11)14/h5-8H,1-4H3. The smallest absolute Gasteiger partial charge is 0.128 e. The molecule has 1 unspecified atom stereocenters. The van der Waals surface area contributed by atoms with Crippen LogP contribution in [0, 0.1) is 11.2 Å². The van der Waals surface area contributed by atoms with Crippen LogP contribution in [0.2, 0.25) is 5.02 Å². The molecule has 14 heavy (non-hydrogen) atoms. The summed E-state index contributed by atoms with van der Waals surface area (Å²) in [5.74, 6) is -0.101. The van der Waals surface area contributed by atoms with Crippen LogP contribution in [-0.2, 0) is 0 Å². The van der Waals surface area contributed by atoms with Gasteiger partial charge in [0.2, 0.25) is 0 Å². The summed E-state index contributed by atoms with van der Waals surface area (Å²) in [5, 5.41) is 0.521. The van der Waals surface area contributed by atoms with Crippen LogP contribution in [0.15, 0.2) is 18.2 Å². The van der Waals surface area contributed by atoms with Gasteiger partial charge in [0.25, 0.3) is 0 Å². The molecule has 0 aliphatic carbocycles. The van der Waals surface area contributed by atoms with Gasteiger partial charge in [-0.1, -0.05) is 45.4 Å². The molecule has 0 amide bonds. The Morgan fingerprint density at radius 3 is 2.29 bits per heavy atom. The van der Waals surface area contributed by atoms with E-state index in [0.29, 0.717) is 10.6 Å². The third kappa shape index (κ3) is 2.27. The first kappa shape index (κ1) is 11.5. The van der Waals surface area contributed by atoms with E-state index in [9.17, 15) is 4.39 Å². The van der Waals surface area contributed by atoms with Crippen LogP contribution in [0.25, 0.3) is 0 Å². The SMILES string of the molecule is CC(c1c(F)cccc1Cl)C(C)(C)C. The van der Waals surface area contributed by atoms with E-state index in [0.717, 1.165) is 0 Å².